The first kappa shape index (κ1) is 13.5. The van der Waals surface area contributed by atoms with Gasteiger partial charge in [0.15, 0.2) is 6.04 Å². The monoisotopic (exact) mass is 267 g/mol. The molecule has 0 saturated carbocycles. The number of carboxylic acid groups (broad SMARTS) is 1. The van der Waals surface area contributed by atoms with Gasteiger partial charge in [0, 0.05) is 18.3 Å². The lowest BCUT2D eigenvalue weighted by atomic mass is 10.2. The number of aryl methyl sites for hydroxylation is 1. The highest BCUT2D eigenvalue weighted by Gasteiger charge is 2.31. The molecule has 0 radical (unpaired) electrons. The fourth-order valence-corrected chi connectivity index (χ4v) is 1.92. The zero-order valence-electron chi connectivity index (χ0n) is 11.0. The standard InChI is InChI=1S/C12H17N3O4/c1-3-19-10-6-8(2)13-12(14-10)15-4-5-18-7-9(15)11(16)17/h6,9H,3-5,7H2,1-2H3,(H,16,17). The van der Waals surface area contributed by atoms with Crippen LogP contribution in [0.4, 0.5) is 5.95 Å². The van der Waals surface area contributed by atoms with E-state index in [0.717, 1.165) is 5.69 Å². The minimum absolute atomic E-state index is 0.136. The van der Waals surface area contributed by atoms with E-state index >= 15 is 0 Å². The number of ether oxygens (including phenoxy) is 2. The quantitative estimate of drug-likeness (QED) is 0.848. The SMILES string of the molecule is CCOc1cc(C)nc(N2CCOCC2C(=O)O)n1. The van der Waals surface area contributed by atoms with Crippen LogP contribution in [-0.2, 0) is 9.53 Å². The van der Waals surface area contributed by atoms with Crippen molar-refractivity contribution in [3.63, 3.8) is 0 Å². The molecule has 1 saturated heterocycles. The second-order valence-electron chi connectivity index (χ2n) is 4.20. The second-order valence-corrected chi connectivity index (χ2v) is 4.20. The van der Waals surface area contributed by atoms with Gasteiger partial charge in [0.2, 0.25) is 11.8 Å². The molecule has 1 aromatic heterocycles. The van der Waals surface area contributed by atoms with Crippen LogP contribution < -0.4 is 9.64 Å². The molecule has 2 heterocycles. The summed E-state index contributed by atoms with van der Waals surface area (Å²) < 4.78 is 10.6. The molecule has 1 unspecified atom stereocenters. The molecule has 0 amide bonds. The zero-order valence-corrected chi connectivity index (χ0v) is 11.0. The lowest BCUT2D eigenvalue weighted by molar-refractivity contribution is -0.141. The fourth-order valence-electron chi connectivity index (χ4n) is 1.92. The van der Waals surface area contributed by atoms with Crippen LogP contribution in [0.25, 0.3) is 0 Å². The number of carboxylic acids is 1. The Labute approximate surface area is 111 Å². The molecule has 1 aliphatic heterocycles. The van der Waals surface area contributed by atoms with Crippen LogP contribution in [0.5, 0.6) is 5.88 Å². The zero-order chi connectivity index (χ0) is 13.8. The van der Waals surface area contributed by atoms with E-state index in [1.807, 2.05) is 13.8 Å². The molecule has 0 spiro atoms. The Morgan fingerprint density at radius 2 is 2.42 bits per heavy atom. The van der Waals surface area contributed by atoms with Crippen molar-refractivity contribution in [1.82, 2.24) is 9.97 Å². The topological polar surface area (TPSA) is 84.8 Å². The van der Waals surface area contributed by atoms with Gasteiger partial charge in [-0.05, 0) is 13.8 Å². The highest BCUT2D eigenvalue weighted by molar-refractivity contribution is 5.77. The van der Waals surface area contributed by atoms with E-state index in [1.165, 1.54) is 0 Å². The van der Waals surface area contributed by atoms with E-state index in [1.54, 1.807) is 11.0 Å². The van der Waals surface area contributed by atoms with Crippen LogP contribution in [0.1, 0.15) is 12.6 Å². The third-order valence-corrected chi connectivity index (χ3v) is 2.78. The number of aromatic nitrogens is 2. The lowest BCUT2D eigenvalue weighted by Gasteiger charge is -2.32. The molecule has 19 heavy (non-hydrogen) atoms. The molecule has 7 nitrogen and oxygen atoms in total. The maximum Gasteiger partial charge on any atom is 0.328 e. The van der Waals surface area contributed by atoms with Gasteiger partial charge in [0.1, 0.15) is 0 Å². The van der Waals surface area contributed by atoms with E-state index in [9.17, 15) is 9.90 Å². The predicted octanol–water partition coefficient (Wildman–Crippen LogP) is 0.474. The van der Waals surface area contributed by atoms with Gasteiger partial charge in [0.25, 0.3) is 0 Å². The smallest absolute Gasteiger partial charge is 0.328 e. The molecule has 7 heteroatoms. The molecule has 1 aliphatic rings. The normalized spacial score (nSPS) is 19.3. The number of morpholine rings is 1. The maximum atomic E-state index is 11.2. The first-order chi connectivity index (χ1) is 9.11. The molecular formula is C12H17N3O4. The summed E-state index contributed by atoms with van der Waals surface area (Å²) in [6.45, 7) is 5.24. The summed E-state index contributed by atoms with van der Waals surface area (Å²) in [6, 6.07) is 0.966. The van der Waals surface area contributed by atoms with Crippen molar-refractivity contribution in [2.24, 2.45) is 0 Å². The average Bonchev–Trinajstić information content (AvgIpc) is 2.38. The van der Waals surface area contributed by atoms with Crippen molar-refractivity contribution in [1.29, 1.82) is 0 Å². The van der Waals surface area contributed by atoms with E-state index in [0.29, 0.717) is 31.6 Å². The van der Waals surface area contributed by atoms with Crippen molar-refractivity contribution in [3.05, 3.63) is 11.8 Å². The molecule has 2 rings (SSSR count). The molecule has 1 atom stereocenters. The Bertz CT molecular complexity index is 466. The number of hydrogen-bond acceptors (Lipinski definition) is 6. The summed E-state index contributed by atoms with van der Waals surface area (Å²) in [4.78, 5) is 21.4. The Hall–Kier alpha value is -1.89. The summed E-state index contributed by atoms with van der Waals surface area (Å²) in [5, 5.41) is 9.20. The molecule has 104 valence electrons. The molecule has 1 N–H and O–H groups in total. The molecule has 0 aromatic carbocycles. The Balaban J connectivity index is 2.30. The van der Waals surface area contributed by atoms with E-state index in [2.05, 4.69) is 9.97 Å². The number of carbonyl (C=O) groups is 1. The van der Waals surface area contributed by atoms with Crippen molar-refractivity contribution in [2.45, 2.75) is 19.9 Å². The predicted molar refractivity (Wildman–Crippen MR) is 67.5 cm³/mol. The fraction of sp³-hybridized carbons (Fsp3) is 0.583. The van der Waals surface area contributed by atoms with E-state index < -0.39 is 12.0 Å². The third-order valence-electron chi connectivity index (χ3n) is 2.78. The summed E-state index contributed by atoms with van der Waals surface area (Å²) in [5.41, 5.74) is 0.740. The van der Waals surface area contributed by atoms with E-state index in [4.69, 9.17) is 9.47 Å². The minimum Gasteiger partial charge on any atom is -0.480 e. The average molecular weight is 267 g/mol. The number of nitrogens with zero attached hydrogens (tertiary/aromatic N) is 3. The van der Waals surface area contributed by atoms with Gasteiger partial charge in [-0.15, -0.1) is 0 Å². The van der Waals surface area contributed by atoms with Crippen LogP contribution in [0.3, 0.4) is 0 Å². The van der Waals surface area contributed by atoms with Crippen LogP contribution in [-0.4, -0.2) is 53.5 Å². The van der Waals surface area contributed by atoms with Gasteiger partial charge in [-0.2, -0.15) is 4.98 Å². The van der Waals surface area contributed by atoms with Crippen LogP contribution in [0.2, 0.25) is 0 Å². The van der Waals surface area contributed by atoms with Gasteiger partial charge >= 0.3 is 5.97 Å². The van der Waals surface area contributed by atoms with E-state index in [-0.39, 0.29) is 6.61 Å². The number of anilines is 1. The Morgan fingerprint density at radius 3 is 3.11 bits per heavy atom. The maximum absolute atomic E-state index is 11.2. The van der Waals surface area contributed by atoms with Crippen molar-refractivity contribution >= 4 is 11.9 Å². The van der Waals surface area contributed by atoms with Crippen LogP contribution in [0.15, 0.2) is 6.07 Å². The highest BCUT2D eigenvalue weighted by atomic mass is 16.5. The summed E-state index contributed by atoms with van der Waals surface area (Å²) in [6.07, 6.45) is 0. The number of rotatable bonds is 4. The minimum atomic E-state index is -0.942. The summed E-state index contributed by atoms with van der Waals surface area (Å²) in [5.74, 6) is -0.109. The summed E-state index contributed by atoms with van der Waals surface area (Å²) in [7, 11) is 0. The Morgan fingerprint density at radius 1 is 1.63 bits per heavy atom. The molecule has 0 aliphatic carbocycles. The van der Waals surface area contributed by atoms with Crippen molar-refractivity contribution in [2.75, 3.05) is 31.3 Å². The summed E-state index contributed by atoms with van der Waals surface area (Å²) >= 11 is 0. The van der Waals surface area contributed by atoms with Crippen LogP contribution in [0, 0.1) is 6.92 Å². The molecule has 1 aromatic rings. The lowest BCUT2D eigenvalue weighted by Crippen LogP contribution is -2.50. The van der Waals surface area contributed by atoms with Crippen LogP contribution >= 0.6 is 0 Å². The van der Waals surface area contributed by atoms with Crippen molar-refractivity contribution in [3.8, 4) is 5.88 Å². The van der Waals surface area contributed by atoms with Gasteiger partial charge in [-0.1, -0.05) is 0 Å². The van der Waals surface area contributed by atoms with Gasteiger partial charge < -0.3 is 19.5 Å². The molecular weight excluding hydrogens is 250 g/mol. The first-order valence-electron chi connectivity index (χ1n) is 6.17. The highest BCUT2D eigenvalue weighted by Crippen LogP contribution is 2.19. The number of hydrogen-bond donors (Lipinski definition) is 1. The molecule has 1 fully saturated rings. The van der Waals surface area contributed by atoms with Gasteiger partial charge in [-0.25, -0.2) is 9.78 Å². The van der Waals surface area contributed by atoms with Gasteiger partial charge in [0.05, 0.1) is 19.8 Å². The first-order valence-corrected chi connectivity index (χ1v) is 6.17. The third kappa shape index (κ3) is 3.11. The Kier molecular flexibility index (Phi) is 4.16. The van der Waals surface area contributed by atoms with Gasteiger partial charge in [-0.3, -0.25) is 0 Å². The number of aliphatic carboxylic acids is 1. The molecule has 0 bridgehead atoms. The van der Waals surface area contributed by atoms with Crippen molar-refractivity contribution < 1.29 is 19.4 Å². The second kappa shape index (κ2) is 5.83. The largest absolute Gasteiger partial charge is 0.480 e.